The summed E-state index contributed by atoms with van der Waals surface area (Å²) in [7, 11) is -3.67. The Morgan fingerprint density at radius 2 is 1.97 bits per heavy atom. The van der Waals surface area contributed by atoms with E-state index in [1.165, 1.54) is 12.5 Å². The Morgan fingerprint density at radius 1 is 1.17 bits per heavy atom. The van der Waals surface area contributed by atoms with Gasteiger partial charge in [0.15, 0.2) is 0 Å². The van der Waals surface area contributed by atoms with Gasteiger partial charge in [-0.25, -0.2) is 13.1 Å². The quantitative estimate of drug-likeness (QED) is 0.773. The maximum absolute atomic E-state index is 12.9. The van der Waals surface area contributed by atoms with Gasteiger partial charge in [0.25, 0.3) is 0 Å². The minimum Gasteiger partial charge on any atom is -0.312 e. The van der Waals surface area contributed by atoms with Crippen LogP contribution in [0.15, 0.2) is 47.4 Å². The molecule has 2 aromatic carbocycles. The molecule has 8 heteroatoms. The molecule has 2 aromatic rings. The zero-order valence-corrected chi connectivity index (χ0v) is 18.0. The number of aryl methyl sites for hydroxylation is 1. The number of benzene rings is 2. The summed E-state index contributed by atoms with van der Waals surface area (Å²) in [6, 6.07) is 13.2. The first-order chi connectivity index (χ1) is 13.5. The lowest BCUT2D eigenvalue weighted by molar-refractivity contribution is -0.116. The fraction of sp³-hybridized carbons (Fsp3) is 0.381. The van der Waals surface area contributed by atoms with Crippen molar-refractivity contribution in [2.75, 3.05) is 24.5 Å². The second-order valence-corrected chi connectivity index (χ2v) is 9.14. The molecule has 156 valence electrons. The average Bonchev–Trinajstić information content (AvgIpc) is 2.71. The van der Waals surface area contributed by atoms with E-state index >= 15 is 0 Å². The van der Waals surface area contributed by atoms with Crippen LogP contribution in [-0.2, 0) is 27.7 Å². The highest BCUT2D eigenvalue weighted by Gasteiger charge is 2.25. The Kier molecular flexibility index (Phi) is 6.63. The third-order valence-electron chi connectivity index (χ3n) is 5.56. The van der Waals surface area contributed by atoms with E-state index in [1.54, 1.807) is 17.0 Å². The van der Waals surface area contributed by atoms with Crippen LogP contribution in [-0.4, -0.2) is 34.0 Å². The molecule has 4 rings (SSSR count). The smallest absolute Gasteiger partial charge is 0.240 e. The van der Waals surface area contributed by atoms with Gasteiger partial charge in [-0.1, -0.05) is 30.3 Å². The maximum atomic E-state index is 12.9. The molecule has 0 aliphatic carbocycles. The van der Waals surface area contributed by atoms with Crippen LogP contribution in [0.3, 0.4) is 0 Å². The molecule has 29 heavy (non-hydrogen) atoms. The number of hydrogen-bond acceptors (Lipinski definition) is 4. The molecule has 1 unspecified atom stereocenters. The number of sulfonamides is 1. The van der Waals surface area contributed by atoms with E-state index in [2.05, 4.69) is 16.1 Å². The predicted octanol–water partition coefficient (Wildman–Crippen LogP) is 2.57. The van der Waals surface area contributed by atoms with Crippen LogP contribution in [0.2, 0.25) is 0 Å². The molecule has 0 aromatic heterocycles. The minimum atomic E-state index is -3.67. The van der Waals surface area contributed by atoms with Crippen molar-refractivity contribution in [2.45, 2.75) is 37.1 Å². The highest BCUT2D eigenvalue weighted by molar-refractivity contribution is 7.89. The third-order valence-corrected chi connectivity index (χ3v) is 6.98. The van der Waals surface area contributed by atoms with Gasteiger partial charge in [-0.15, -0.1) is 12.4 Å². The largest absolute Gasteiger partial charge is 0.312 e. The molecule has 0 radical (unpaired) electrons. The molecule has 0 saturated carbocycles. The van der Waals surface area contributed by atoms with Gasteiger partial charge < -0.3 is 10.2 Å². The summed E-state index contributed by atoms with van der Waals surface area (Å²) in [4.78, 5) is 13.8. The van der Waals surface area contributed by atoms with Gasteiger partial charge in [0.1, 0.15) is 0 Å². The third kappa shape index (κ3) is 4.48. The molecule has 0 saturated heterocycles. The van der Waals surface area contributed by atoms with Crippen molar-refractivity contribution in [1.82, 2.24) is 10.0 Å². The van der Waals surface area contributed by atoms with Crippen LogP contribution in [0.1, 0.15) is 36.1 Å². The first-order valence-corrected chi connectivity index (χ1v) is 11.2. The highest BCUT2D eigenvalue weighted by Crippen LogP contribution is 2.30. The van der Waals surface area contributed by atoms with Crippen LogP contribution < -0.4 is 14.9 Å². The van der Waals surface area contributed by atoms with Crippen molar-refractivity contribution in [3.8, 4) is 0 Å². The maximum Gasteiger partial charge on any atom is 0.240 e. The van der Waals surface area contributed by atoms with E-state index in [9.17, 15) is 13.2 Å². The summed E-state index contributed by atoms with van der Waals surface area (Å²) in [5.74, 6) is -0.0635. The van der Waals surface area contributed by atoms with E-state index in [-0.39, 0.29) is 35.8 Å². The van der Waals surface area contributed by atoms with Crippen LogP contribution in [0, 0.1) is 0 Å². The second kappa shape index (κ2) is 8.83. The zero-order chi connectivity index (χ0) is 19.7. The van der Waals surface area contributed by atoms with E-state index in [4.69, 9.17) is 0 Å². The van der Waals surface area contributed by atoms with Gasteiger partial charge in [0, 0.05) is 31.7 Å². The number of nitrogens with one attached hydrogen (secondary N) is 2. The first kappa shape index (κ1) is 21.8. The molecule has 0 fully saturated rings. The summed E-state index contributed by atoms with van der Waals surface area (Å²) < 4.78 is 28.6. The average molecular weight is 436 g/mol. The molecule has 2 N–H and O–H groups in total. The Labute approximate surface area is 178 Å². The zero-order valence-electron chi connectivity index (χ0n) is 16.3. The van der Waals surface area contributed by atoms with Gasteiger partial charge in [-0.2, -0.15) is 0 Å². The van der Waals surface area contributed by atoms with Gasteiger partial charge >= 0.3 is 0 Å². The van der Waals surface area contributed by atoms with Crippen molar-refractivity contribution >= 4 is 34.0 Å². The Bertz CT molecular complexity index is 1010. The Balaban J connectivity index is 0.00000240. The minimum absolute atomic E-state index is 0. The fourth-order valence-corrected chi connectivity index (χ4v) is 5.17. The van der Waals surface area contributed by atoms with E-state index in [0.717, 1.165) is 36.9 Å². The standard InChI is InChI=1S/C21H25N3O3S.ClH/c1-15(25)24-12-4-6-17-8-9-18(13-21(17)24)28(26,27)23-14-20-19-7-3-2-5-16(19)10-11-22-20;/h2-3,5,7-9,13,20,22-23H,4,6,10-12,14H2,1H3;1H. The Hall–Kier alpha value is -1.93. The number of carbonyl (C=O) groups is 1. The van der Waals surface area contributed by atoms with Gasteiger partial charge in [0.05, 0.1) is 4.90 Å². The van der Waals surface area contributed by atoms with Crippen LogP contribution >= 0.6 is 12.4 Å². The van der Waals surface area contributed by atoms with Gasteiger partial charge in [-0.05, 0) is 54.6 Å². The highest BCUT2D eigenvalue weighted by atomic mass is 35.5. The number of fused-ring (bicyclic) bond motifs is 2. The summed E-state index contributed by atoms with van der Waals surface area (Å²) in [5.41, 5.74) is 4.13. The molecule has 1 amide bonds. The number of anilines is 1. The first-order valence-electron chi connectivity index (χ1n) is 9.67. The Morgan fingerprint density at radius 3 is 2.76 bits per heavy atom. The molecular weight excluding hydrogens is 410 g/mol. The molecule has 1 atom stereocenters. The normalized spacial score (nSPS) is 18.4. The van der Waals surface area contributed by atoms with Crippen molar-refractivity contribution < 1.29 is 13.2 Å². The summed E-state index contributed by atoms with van der Waals surface area (Å²) in [6.07, 6.45) is 2.70. The van der Waals surface area contributed by atoms with Crippen LogP contribution in [0.5, 0.6) is 0 Å². The van der Waals surface area contributed by atoms with Crippen LogP contribution in [0.25, 0.3) is 0 Å². The van der Waals surface area contributed by atoms with Crippen LogP contribution in [0.4, 0.5) is 5.69 Å². The monoisotopic (exact) mass is 435 g/mol. The lowest BCUT2D eigenvalue weighted by Crippen LogP contribution is -2.39. The predicted molar refractivity (Wildman–Crippen MR) is 116 cm³/mol. The summed E-state index contributed by atoms with van der Waals surface area (Å²) in [6.45, 7) is 3.26. The lowest BCUT2D eigenvalue weighted by Gasteiger charge is -2.29. The molecule has 0 spiro atoms. The van der Waals surface area contributed by atoms with E-state index in [0.29, 0.717) is 12.2 Å². The van der Waals surface area contributed by atoms with E-state index < -0.39 is 10.0 Å². The molecule has 2 heterocycles. The number of rotatable bonds is 4. The van der Waals surface area contributed by atoms with Crippen molar-refractivity contribution in [2.24, 2.45) is 0 Å². The number of halogens is 1. The molecular formula is C21H26ClN3O3S. The van der Waals surface area contributed by atoms with Crippen molar-refractivity contribution in [3.63, 3.8) is 0 Å². The lowest BCUT2D eigenvalue weighted by atomic mass is 9.95. The SMILES string of the molecule is CC(=O)N1CCCc2ccc(S(=O)(=O)NCC3NCCc4ccccc43)cc21.Cl. The summed E-state index contributed by atoms with van der Waals surface area (Å²) >= 11 is 0. The number of nitrogens with zero attached hydrogens (tertiary/aromatic N) is 1. The van der Waals surface area contributed by atoms with Gasteiger partial charge in [-0.3, -0.25) is 4.79 Å². The second-order valence-electron chi connectivity index (χ2n) is 7.37. The van der Waals surface area contributed by atoms with E-state index in [1.807, 2.05) is 24.3 Å². The number of carbonyl (C=O) groups excluding carboxylic acids is 1. The summed E-state index contributed by atoms with van der Waals surface area (Å²) in [5, 5.41) is 3.39. The number of amides is 1. The fourth-order valence-electron chi connectivity index (χ4n) is 4.10. The molecule has 6 nitrogen and oxygen atoms in total. The molecule has 2 aliphatic rings. The van der Waals surface area contributed by atoms with Crippen molar-refractivity contribution in [3.05, 3.63) is 59.2 Å². The molecule has 2 aliphatic heterocycles. The van der Waals surface area contributed by atoms with Gasteiger partial charge in [0.2, 0.25) is 15.9 Å². The van der Waals surface area contributed by atoms with Crippen molar-refractivity contribution in [1.29, 1.82) is 0 Å². The topological polar surface area (TPSA) is 78.5 Å². The number of hydrogen-bond donors (Lipinski definition) is 2. The molecule has 0 bridgehead atoms.